The molecule has 0 unspecified atom stereocenters. The Morgan fingerprint density at radius 2 is 2.29 bits per heavy atom. The van der Waals surface area contributed by atoms with Crippen molar-refractivity contribution >= 4 is 6.29 Å². The van der Waals surface area contributed by atoms with E-state index in [9.17, 15) is 4.79 Å². The van der Waals surface area contributed by atoms with E-state index in [0.29, 0.717) is 18.6 Å². The molecule has 1 aromatic carbocycles. The molecule has 0 spiro atoms. The minimum absolute atomic E-state index is 0.383. The number of ether oxygens (including phenoxy) is 1. The van der Waals surface area contributed by atoms with Crippen molar-refractivity contribution in [1.82, 2.24) is 0 Å². The Kier molecular flexibility index (Phi) is 4.10. The van der Waals surface area contributed by atoms with E-state index >= 15 is 0 Å². The summed E-state index contributed by atoms with van der Waals surface area (Å²) in [4.78, 5) is 15.1. The van der Waals surface area contributed by atoms with Gasteiger partial charge in [0.1, 0.15) is 12.0 Å². The second-order valence-electron chi connectivity index (χ2n) is 2.80. The number of hydrogen-bond donors (Lipinski definition) is 1. The highest BCUT2D eigenvalue weighted by atomic mass is 16.6. The number of carbonyl (C=O) groups is 1. The number of carbonyl (C=O) groups excluding carboxylic acids is 1. The van der Waals surface area contributed by atoms with Gasteiger partial charge in [-0.05, 0) is 30.2 Å². The predicted molar refractivity (Wildman–Crippen MR) is 52.2 cm³/mol. The molecule has 14 heavy (non-hydrogen) atoms. The topological polar surface area (TPSA) is 61.5 Å². The lowest BCUT2D eigenvalue weighted by Crippen LogP contribution is -2.05. The summed E-state index contributed by atoms with van der Waals surface area (Å²) in [6.07, 6.45) is 1.41. The van der Waals surface area contributed by atoms with Crippen molar-refractivity contribution in [3.63, 3.8) is 0 Å². The zero-order chi connectivity index (χ0) is 10.4. The summed E-state index contributed by atoms with van der Waals surface area (Å²) >= 11 is 0. The molecule has 0 aliphatic rings. The summed E-state index contributed by atoms with van der Waals surface area (Å²) in [7, 11) is 1.58. The summed E-state index contributed by atoms with van der Waals surface area (Å²) < 4.78 is 5.05. The second-order valence-corrected chi connectivity index (χ2v) is 2.80. The largest absolute Gasteiger partial charge is 0.497 e. The fraction of sp³-hybridized carbons (Fsp3) is 0.300. The molecule has 4 nitrogen and oxygen atoms in total. The van der Waals surface area contributed by atoms with Gasteiger partial charge >= 0.3 is 0 Å². The molecule has 0 aliphatic carbocycles. The first-order valence-corrected chi connectivity index (χ1v) is 4.25. The molecule has 1 aromatic rings. The highest BCUT2D eigenvalue weighted by Crippen LogP contribution is 2.16. The number of rotatable bonds is 5. The highest BCUT2D eigenvalue weighted by molar-refractivity contribution is 5.77. The second kappa shape index (κ2) is 5.36. The summed E-state index contributed by atoms with van der Waals surface area (Å²) in [6, 6.07) is 5.27. The van der Waals surface area contributed by atoms with Gasteiger partial charge in [0.2, 0.25) is 0 Å². The number of benzene rings is 1. The van der Waals surface area contributed by atoms with Gasteiger partial charge in [-0.25, -0.2) is 5.90 Å². The minimum atomic E-state index is 0.383. The summed E-state index contributed by atoms with van der Waals surface area (Å²) in [5, 5.41) is 0. The number of aldehydes is 1. The lowest BCUT2D eigenvalue weighted by Gasteiger charge is -2.06. The molecule has 2 N–H and O–H groups in total. The van der Waals surface area contributed by atoms with Crippen molar-refractivity contribution in [1.29, 1.82) is 0 Å². The van der Waals surface area contributed by atoms with Crippen molar-refractivity contribution in [2.24, 2.45) is 5.90 Å². The molecule has 0 radical (unpaired) electrons. The molecule has 1 rings (SSSR count). The number of nitrogens with two attached hydrogens (primary N) is 1. The standard InChI is InChI=1S/C10H13NO3/c1-13-10-3-2-9(7-12)8(6-10)4-5-14-11/h2-3,6-7H,4-5,11H2,1H3. The lowest BCUT2D eigenvalue weighted by molar-refractivity contribution is 0.112. The molecule has 4 heteroatoms. The van der Waals surface area contributed by atoms with Gasteiger partial charge in [-0.2, -0.15) is 0 Å². The molecule has 0 saturated carbocycles. The van der Waals surface area contributed by atoms with Crippen molar-refractivity contribution in [3.8, 4) is 5.75 Å². The van der Waals surface area contributed by atoms with Gasteiger partial charge in [0, 0.05) is 5.56 Å². The molecule has 0 saturated heterocycles. The third kappa shape index (κ3) is 2.55. The van der Waals surface area contributed by atoms with Gasteiger partial charge in [0.25, 0.3) is 0 Å². The van der Waals surface area contributed by atoms with Crippen molar-refractivity contribution in [2.45, 2.75) is 6.42 Å². The van der Waals surface area contributed by atoms with Gasteiger partial charge in [-0.3, -0.25) is 4.79 Å². The van der Waals surface area contributed by atoms with Crippen LogP contribution in [0.5, 0.6) is 5.75 Å². The number of hydrogen-bond acceptors (Lipinski definition) is 4. The first-order valence-electron chi connectivity index (χ1n) is 4.25. The average Bonchev–Trinajstić information content (AvgIpc) is 2.25. The van der Waals surface area contributed by atoms with Crippen LogP contribution in [0.15, 0.2) is 18.2 Å². The van der Waals surface area contributed by atoms with Gasteiger partial charge < -0.3 is 9.57 Å². The molecule has 0 amide bonds. The molecule has 76 valence electrons. The van der Waals surface area contributed by atoms with Gasteiger partial charge in [-0.1, -0.05) is 0 Å². The summed E-state index contributed by atoms with van der Waals surface area (Å²) in [6.45, 7) is 0.383. The van der Waals surface area contributed by atoms with Crippen molar-refractivity contribution in [3.05, 3.63) is 29.3 Å². The summed E-state index contributed by atoms with van der Waals surface area (Å²) in [5.41, 5.74) is 1.52. The maximum absolute atomic E-state index is 10.7. The third-order valence-corrected chi connectivity index (χ3v) is 1.97. The first kappa shape index (κ1) is 10.7. The highest BCUT2D eigenvalue weighted by Gasteiger charge is 2.03. The Hall–Kier alpha value is -1.39. The van der Waals surface area contributed by atoms with Crippen LogP contribution in [-0.2, 0) is 11.3 Å². The fourth-order valence-electron chi connectivity index (χ4n) is 1.21. The van der Waals surface area contributed by atoms with Crippen molar-refractivity contribution in [2.75, 3.05) is 13.7 Å². The van der Waals surface area contributed by atoms with Crippen LogP contribution in [0.2, 0.25) is 0 Å². The van der Waals surface area contributed by atoms with Crippen LogP contribution in [0, 0.1) is 0 Å². The molecule has 0 bridgehead atoms. The van der Waals surface area contributed by atoms with E-state index in [0.717, 1.165) is 17.6 Å². The van der Waals surface area contributed by atoms with Crippen LogP contribution in [0.25, 0.3) is 0 Å². The molecule has 0 fully saturated rings. The fourth-order valence-corrected chi connectivity index (χ4v) is 1.21. The zero-order valence-electron chi connectivity index (χ0n) is 8.03. The first-order chi connectivity index (χ1) is 6.81. The van der Waals surface area contributed by atoms with Gasteiger partial charge in [0.05, 0.1) is 13.7 Å². The Morgan fingerprint density at radius 1 is 1.50 bits per heavy atom. The Bertz CT molecular complexity index is 312. The molecule has 0 aliphatic heterocycles. The maximum Gasteiger partial charge on any atom is 0.150 e. The SMILES string of the molecule is COc1ccc(C=O)c(CCON)c1. The van der Waals surface area contributed by atoms with Crippen molar-refractivity contribution < 1.29 is 14.4 Å². The van der Waals surface area contributed by atoms with Crippen LogP contribution in [0.3, 0.4) is 0 Å². The Labute approximate surface area is 82.6 Å². The average molecular weight is 195 g/mol. The quantitative estimate of drug-likeness (QED) is 0.561. The van der Waals surface area contributed by atoms with Crippen LogP contribution >= 0.6 is 0 Å². The predicted octanol–water partition coefficient (Wildman–Crippen LogP) is 0.941. The molecule has 0 aromatic heterocycles. The Morgan fingerprint density at radius 3 is 2.86 bits per heavy atom. The van der Waals surface area contributed by atoms with Crippen LogP contribution in [0.1, 0.15) is 15.9 Å². The van der Waals surface area contributed by atoms with E-state index in [1.807, 2.05) is 6.07 Å². The van der Waals surface area contributed by atoms with Gasteiger partial charge in [0.15, 0.2) is 0 Å². The zero-order valence-corrected chi connectivity index (χ0v) is 8.03. The molecule has 0 atom stereocenters. The number of methoxy groups -OCH3 is 1. The van der Waals surface area contributed by atoms with Crippen LogP contribution < -0.4 is 10.6 Å². The van der Waals surface area contributed by atoms with E-state index in [1.165, 1.54) is 0 Å². The third-order valence-electron chi connectivity index (χ3n) is 1.97. The summed E-state index contributed by atoms with van der Waals surface area (Å²) in [5.74, 6) is 5.64. The molecular weight excluding hydrogens is 182 g/mol. The van der Waals surface area contributed by atoms with E-state index in [4.69, 9.17) is 10.6 Å². The maximum atomic E-state index is 10.7. The van der Waals surface area contributed by atoms with Gasteiger partial charge in [-0.15, -0.1) is 0 Å². The molecule has 0 heterocycles. The normalized spacial score (nSPS) is 9.86. The van der Waals surface area contributed by atoms with E-state index in [-0.39, 0.29) is 0 Å². The van der Waals surface area contributed by atoms with Crippen LogP contribution in [0.4, 0.5) is 0 Å². The van der Waals surface area contributed by atoms with E-state index in [2.05, 4.69) is 4.84 Å². The van der Waals surface area contributed by atoms with E-state index < -0.39 is 0 Å². The molecular formula is C10H13NO3. The van der Waals surface area contributed by atoms with Crippen LogP contribution in [-0.4, -0.2) is 20.0 Å². The van der Waals surface area contributed by atoms with E-state index in [1.54, 1.807) is 19.2 Å². The monoisotopic (exact) mass is 195 g/mol. The smallest absolute Gasteiger partial charge is 0.150 e. The Balaban J connectivity index is 2.90. The lowest BCUT2D eigenvalue weighted by atomic mass is 10.1. The minimum Gasteiger partial charge on any atom is -0.497 e.